The first-order valence-corrected chi connectivity index (χ1v) is 38.7. The van der Waals surface area contributed by atoms with Crippen LogP contribution in [0.25, 0.3) is 55.6 Å². The van der Waals surface area contributed by atoms with Crippen molar-refractivity contribution < 1.29 is 18.4 Å². The Bertz CT molecular complexity index is 5640. The van der Waals surface area contributed by atoms with E-state index in [1.165, 1.54) is 11.8 Å². The number of anilines is 6. The second-order valence-electron chi connectivity index (χ2n) is 32.0. The Kier molecular flexibility index (Phi) is 12.5. The quantitative estimate of drug-likeness (QED) is 0.141. The van der Waals surface area contributed by atoms with Crippen LogP contribution in [0.1, 0.15) is 119 Å². The predicted octanol–water partition coefficient (Wildman–Crippen LogP) is 20.9. The van der Waals surface area contributed by atoms with Crippen LogP contribution >= 0.6 is 11.8 Å². The molecular formula is C91H86B2N2OSSi. The van der Waals surface area contributed by atoms with E-state index in [1.54, 1.807) is 0 Å². The minimum atomic E-state index is -2.71. The molecule has 12 aromatic carbocycles. The molecule has 4 aliphatic rings. The van der Waals surface area contributed by atoms with Gasteiger partial charge >= 0.3 is 0 Å². The van der Waals surface area contributed by atoms with Gasteiger partial charge in [0.15, 0.2) is 0 Å². The van der Waals surface area contributed by atoms with Gasteiger partial charge in [-0.25, -0.2) is 0 Å². The molecule has 0 saturated heterocycles. The van der Waals surface area contributed by atoms with Gasteiger partial charge in [-0.1, -0.05) is 313 Å². The molecule has 4 heterocycles. The maximum atomic E-state index is 11.9. The molecule has 4 aliphatic heterocycles. The molecule has 3 nitrogen and oxygen atoms in total. The molecule has 0 bridgehead atoms. The molecule has 0 N–H and O–H groups in total. The van der Waals surface area contributed by atoms with Gasteiger partial charge in [-0.2, -0.15) is 0 Å². The molecule has 482 valence electrons. The van der Waals surface area contributed by atoms with Crippen LogP contribution in [-0.4, -0.2) is 21.5 Å². The zero-order valence-electron chi connectivity index (χ0n) is 68.8. The molecule has 7 heteroatoms. The fourth-order valence-corrected chi connectivity index (χ4v) is 16.6. The van der Waals surface area contributed by atoms with Crippen LogP contribution in [0.5, 0.6) is 11.5 Å². The maximum absolute atomic E-state index is 11.9. The van der Waals surface area contributed by atoms with Crippen molar-refractivity contribution in [2.75, 3.05) is 9.80 Å². The van der Waals surface area contributed by atoms with Crippen LogP contribution in [0.2, 0.25) is 19.6 Å². The summed E-state index contributed by atoms with van der Waals surface area (Å²) in [4.78, 5) is 5.14. The highest BCUT2D eigenvalue weighted by molar-refractivity contribution is 8.00. The van der Waals surface area contributed by atoms with E-state index in [0.29, 0.717) is 70.5 Å². The number of nitrogens with zero attached hydrogens (tertiary/aromatic N) is 2. The lowest BCUT2D eigenvalue weighted by atomic mass is 9.30. The summed E-state index contributed by atoms with van der Waals surface area (Å²) < 4.78 is 115. The van der Waals surface area contributed by atoms with E-state index in [0.717, 1.165) is 72.6 Å². The molecule has 0 radical (unpaired) electrons. The Labute approximate surface area is 602 Å². The number of benzene rings is 12. The molecule has 0 atom stereocenters. The first-order valence-electron chi connectivity index (χ1n) is 39.4. The van der Waals surface area contributed by atoms with Gasteiger partial charge in [0, 0.05) is 54.8 Å². The lowest BCUT2D eigenvalue weighted by Crippen LogP contribution is -2.65. The van der Waals surface area contributed by atoms with Crippen molar-refractivity contribution in [2.24, 2.45) is 0 Å². The third kappa shape index (κ3) is 10.7. The van der Waals surface area contributed by atoms with E-state index in [9.17, 15) is 13.7 Å². The maximum Gasteiger partial charge on any atom is 0.257 e. The largest absolute Gasteiger partial charge is 0.459 e. The highest BCUT2D eigenvalue weighted by atomic mass is 32.2. The number of ether oxygens (including phenoxy) is 1. The molecule has 0 aliphatic carbocycles. The first-order chi connectivity index (χ1) is 51.0. The zero-order valence-corrected chi connectivity index (χ0v) is 60.6. The summed E-state index contributed by atoms with van der Waals surface area (Å²) in [5.41, 5.74) is 15.0. The molecule has 0 amide bonds. The van der Waals surface area contributed by atoms with Gasteiger partial charge in [-0.3, -0.25) is 0 Å². The highest BCUT2D eigenvalue weighted by Crippen LogP contribution is 2.57. The molecule has 0 saturated carbocycles. The van der Waals surface area contributed by atoms with Crippen molar-refractivity contribution in [3.63, 3.8) is 0 Å². The number of hydrogen-bond donors (Lipinski definition) is 0. The molecule has 0 spiro atoms. The van der Waals surface area contributed by atoms with Gasteiger partial charge in [-0.15, -0.1) is 0 Å². The summed E-state index contributed by atoms with van der Waals surface area (Å²) in [5.74, 6) is 0.163. The summed E-state index contributed by atoms with van der Waals surface area (Å²) in [6, 6.07) is 63.8. The van der Waals surface area contributed by atoms with E-state index in [-0.39, 0.29) is 94.1 Å². The Morgan fingerprint density at radius 2 is 0.796 bits per heavy atom. The lowest BCUT2D eigenvalue weighted by Gasteiger charge is -2.48. The van der Waals surface area contributed by atoms with Gasteiger partial charge in [0.25, 0.3) is 13.4 Å². The molecule has 0 fully saturated rings. The standard InChI is InChI=1S/C91H86B2N2OSSi/c1-88(2,3)63-42-46-80-74(52-63)92-73-55-67(98(13,14)15)43-45-79(73)96-87-83-78(56-81(97-80)84(87)92)95(86-70(60-37-27-19-28-38-60)50-65(90(7,8)9)51-71(86)61-39-29-20-30-40-61)77-54-66(91(10,11)12)53-76-82(77)93(83)72-47-62(57-31-21-16-22-32-57)41-44-75(72)94(76)85-68(58-33-23-17-24-34-58)48-64(89(4,5)6)49-69(85)59-35-25-18-26-36-59/h16-56H,1-15H3/i41D,42D,43D,44D,45D,46D,47D,52D,55D,56D. The molecule has 0 aromatic heterocycles. The fourth-order valence-electron chi connectivity index (χ4n) is 14.6. The van der Waals surface area contributed by atoms with Crippen molar-refractivity contribution >= 4 is 105 Å². The van der Waals surface area contributed by atoms with E-state index >= 15 is 0 Å². The SMILES string of the molecule is [2H]c1c([2H])c([Si](C)(C)C)c([2H])c2c1Oc1c3c(c([2H])c4c1B1c5c(cc(C(C)(C)C)cc5N4c4c(-c5ccccc5)cc(C(C)(C)C)cc4-c4ccccc4)N(c4c(-c5ccccc5)cc(C(C)(C)C)cc4-c4ccccc4)c4c([2H])c([2H])c(-c5ccccc5)c([2H])c41)Sc1c([2H])c([2H])c(C(C)(C)C)c([2H])c1B23. The summed E-state index contributed by atoms with van der Waals surface area (Å²) in [6.07, 6.45) is 0. The van der Waals surface area contributed by atoms with Crippen molar-refractivity contribution in [2.45, 2.75) is 134 Å². The topological polar surface area (TPSA) is 15.7 Å². The summed E-state index contributed by atoms with van der Waals surface area (Å²) in [7, 11) is -2.71. The first kappa shape index (κ1) is 52.8. The van der Waals surface area contributed by atoms with Crippen molar-refractivity contribution in [3.8, 4) is 67.1 Å². The van der Waals surface area contributed by atoms with Crippen LogP contribution in [-0.2, 0) is 21.7 Å². The molecule has 98 heavy (non-hydrogen) atoms. The normalized spacial score (nSPS) is 15.3. The average Bonchev–Trinajstić information content (AvgIpc) is 0.663. The van der Waals surface area contributed by atoms with Crippen molar-refractivity contribution in [3.05, 3.63) is 271 Å². The predicted molar refractivity (Wildman–Crippen MR) is 427 cm³/mol. The average molecular weight is 1320 g/mol. The van der Waals surface area contributed by atoms with Gasteiger partial charge in [0.1, 0.15) is 11.5 Å². The van der Waals surface area contributed by atoms with Crippen LogP contribution in [0, 0.1) is 0 Å². The summed E-state index contributed by atoms with van der Waals surface area (Å²) in [6.45, 7) is 29.7. The van der Waals surface area contributed by atoms with E-state index < -0.39 is 37.7 Å². The Morgan fingerprint density at radius 1 is 0.357 bits per heavy atom. The van der Waals surface area contributed by atoms with Crippen LogP contribution < -0.4 is 52.5 Å². The fraction of sp³-hybridized carbons (Fsp3) is 0.209. The van der Waals surface area contributed by atoms with Gasteiger partial charge in [-0.05, 0) is 165 Å². The second-order valence-corrected chi connectivity index (χ2v) is 38.1. The second kappa shape index (κ2) is 23.2. The minimum absolute atomic E-state index is 0.0114. The monoisotopic (exact) mass is 1310 g/mol. The van der Waals surface area contributed by atoms with Crippen molar-refractivity contribution in [1.29, 1.82) is 0 Å². The van der Waals surface area contributed by atoms with E-state index in [1.807, 2.05) is 99.6 Å². The number of fused-ring (bicyclic) bond motifs is 9. The Balaban J connectivity index is 1.20. The lowest BCUT2D eigenvalue weighted by molar-refractivity contribution is 0.490. The van der Waals surface area contributed by atoms with Crippen LogP contribution in [0.3, 0.4) is 0 Å². The van der Waals surface area contributed by atoms with Gasteiger partial charge < -0.3 is 14.5 Å². The number of rotatable bonds is 8. The third-order valence-electron chi connectivity index (χ3n) is 20.0. The third-order valence-corrected chi connectivity index (χ3v) is 22.8. The smallest absolute Gasteiger partial charge is 0.257 e. The van der Waals surface area contributed by atoms with Gasteiger partial charge in [0.2, 0.25) is 0 Å². The summed E-state index contributed by atoms with van der Waals surface area (Å²) >= 11 is 1.17. The van der Waals surface area contributed by atoms with Crippen molar-refractivity contribution in [1.82, 2.24) is 0 Å². The van der Waals surface area contributed by atoms with Crippen LogP contribution in [0.4, 0.5) is 34.1 Å². The van der Waals surface area contributed by atoms with Gasteiger partial charge in [0.05, 0.1) is 33.2 Å². The summed E-state index contributed by atoms with van der Waals surface area (Å²) in [5, 5.41) is 0.442. The minimum Gasteiger partial charge on any atom is -0.459 e. The molecule has 16 rings (SSSR count). The Morgan fingerprint density at radius 3 is 1.24 bits per heavy atom. The van der Waals surface area contributed by atoms with Crippen LogP contribution in [0.15, 0.2) is 258 Å². The highest BCUT2D eigenvalue weighted by Gasteiger charge is 2.51. The van der Waals surface area contributed by atoms with E-state index in [4.69, 9.17) is 4.74 Å². The molecule has 0 unspecified atom stereocenters. The Hall–Kier alpha value is -9.26. The molecular weight excluding hydrogens is 1220 g/mol. The number of hydrogen-bond acceptors (Lipinski definition) is 4. The van der Waals surface area contributed by atoms with E-state index in [2.05, 4.69) is 201 Å². The molecule has 12 aromatic rings. The zero-order chi connectivity index (χ0) is 76.8.